The first kappa shape index (κ1) is 18.0. The van der Waals surface area contributed by atoms with Gasteiger partial charge in [0.05, 0.1) is 14.2 Å². The molecule has 1 fully saturated rings. The van der Waals surface area contributed by atoms with Gasteiger partial charge in [0.25, 0.3) is 0 Å². The van der Waals surface area contributed by atoms with Gasteiger partial charge in [-0.3, -0.25) is 4.90 Å². The summed E-state index contributed by atoms with van der Waals surface area (Å²) in [5.41, 5.74) is 1.34. The van der Waals surface area contributed by atoms with E-state index >= 15 is 0 Å². The second-order valence-corrected chi connectivity index (χ2v) is 7.67. The minimum atomic E-state index is 0.203. The van der Waals surface area contributed by atoms with Crippen LogP contribution < -0.4 is 20.1 Å². The highest BCUT2D eigenvalue weighted by molar-refractivity contribution is 7.55. The maximum atomic E-state index is 10.5. The van der Waals surface area contributed by atoms with Crippen molar-refractivity contribution in [1.29, 1.82) is 0 Å². The molecule has 0 saturated carbocycles. The third-order valence-corrected chi connectivity index (χ3v) is 6.04. The summed E-state index contributed by atoms with van der Waals surface area (Å²) < 4.78 is 10.6. The van der Waals surface area contributed by atoms with Crippen LogP contribution in [-0.2, 0) is 6.54 Å². The van der Waals surface area contributed by atoms with Crippen LogP contribution in [0.4, 0.5) is 0 Å². The van der Waals surface area contributed by atoms with Crippen LogP contribution in [-0.4, -0.2) is 37.3 Å². The van der Waals surface area contributed by atoms with Crippen LogP contribution in [0, 0.1) is 0 Å². The zero-order valence-electron chi connectivity index (χ0n) is 14.9. The number of likely N-dealkylation sites (tertiary alicyclic amines) is 1. The van der Waals surface area contributed by atoms with Crippen LogP contribution in [0.15, 0.2) is 36.4 Å². The Morgan fingerprint density at radius 3 is 2.48 bits per heavy atom. The molecule has 0 amide bonds. The fourth-order valence-electron chi connectivity index (χ4n) is 3.23. The third kappa shape index (κ3) is 4.45. The standard InChI is InChI=1S/C20H26NO3P/c1-23-16-12-17(24-2)20(22)19(13-16)25-18-9-5-4-8-15(18)14-21-10-6-3-7-11-21/h4-5,8-9,12-13,22,25H,3,6-7,10-11,14H2,1-2H3. The minimum absolute atomic E-state index is 0.203. The van der Waals surface area contributed by atoms with Gasteiger partial charge in [-0.05, 0) is 42.9 Å². The first-order valence-corrected chi connectivity index (χ1v) is 9.73. The van der Waals surface area contributed by atoms with Crippen LogP contribution >= 0.6 is 8.58 Å². The SMILES string of the molecule is COc1cc(OC)c(O)c(Pc2ccccc2CN2CCCCC2)c1. The van der Waals surface area contributed by atoms with E-state index < -0.39 is 0 Å². The fourth-order valence-corrected chi connectivity index (χ4v) is 4.48. The molecule has 3 rings (SSSR count). The quantitative estimate of drug-likeness (QED) is 0.805. The van der Waals surface area contributed by atoms with E-state index in [4.69, 9.17) is 9.47 Å². The number of nitrogens with zero attached hydrogens (tertiary/aromatic N) is 1. The number of methoxy groups -OCH3 is 2. The molecular weight excluding hydrogens is 333 g/mol. The van der Waals surface area contributed by atoms with Crippen LogP contribution in [0.25, 0.3) is 0 Å². The summed E-state index contributed by atoms with van der Waals surface area (Å²) >= 11 is 0. The number of phenolic OH excluding ortho intramolecular Hbond substituents is 1. The number of phenols is 1. The van der Waals surface area contributed by atoms with Crippen LogP contribution in [0.2, 0.25) is 0 Å². The first-order chi connectivity index (χ1) is 12.2. The molecule has 1 unspecified atom stereocenters. The van der Waals surface area contributed by atoms with Crippen molar-refractivity contribution in [3.05, 3.63) is 42.0 Å². The Balaban J connectivity index is 1.85. The first-order valence-electron chi connectivity index (χ1n) is 8.73. The molecule has 134 valence electrons. The Bertz CT molecular complexity index is 714. The predicted molar refractivity (Wildman–Crippen MR) is 104 cm³/mol. The van der Waals surface area contributed by atoms with E-state index in [0.29, 0.717) is 20.1 Å². The van der Waals surface area contributed by atoms with Crippen molar-refractivity contribution >= 4 is 19.2 Å². The highest BCUT2D eigenvalue weighted by atomic mass is 31.1. The van der Waals surface area contributed by atoms with E-state index in [9.17, 15) is 5.11 Å². The van der Waals surface area contributed by atoms with Crippen molar-refractivity contribution in [2.24, 2.45) is 0 Å². The number of hydrogen-bond donors (Lipinski definition) is 1. The van der Waals surface area contributed by atoms with E-state index in [0.717, 1.165) is 11.8 Å². The summed E-state index contributed by atoms with van der Waals surface area (Å²) in [6.07, 6.45) is 3.92. The molecule has 0 aromatic heterocycles. The van der Waals surface area contributed by atoms with Gasteiger partial charge in [-0.1, -0.05) is 39.3 Å². The topological polar surface area (TPSA) is 41.9 Å². The van der Waals surface area contributed by atoms with Crippen LogP contribution in [0.3, 0.4) is 0 Å². The molecule has 0 aliphatic carbocycles. The lowest BCUT2D eigenvalue weighted by atomic mass is 10.1. The van der Waals surface area contributed by atoms with Crippen molar-refractivity contribution in [2.45, 2.75) is 25.8 Å². The Morgan fingerprint density at radius 1 is 1.00 bits per heavy atom. The summed E-state index contributed by atoms with van der Waals surface area (Å²) in [5.74, 6) is 1.36. The van der Waals surface area contributed by atoms with Crippen LogP contribution in [0.1, 0.15) is 24.8 Å². The van der Waals surface area contributed by atoms with Gasteiger partial charge in [-0.25, -0.2) is 0 Å². The average Bonchev–Trinajstić information content (AvgIpc) is 2.65. The van der Waals surface area contributed by atoms with E-state index in [1.54, 1.807) is 20.3 Å². The smallest absolute Gasteiger partial charge is 0.165 e. The zero-order valence-corrected chi connectivity index (χ0v) is 15.9. The largest absolute Gasteiger partial charge is 0.504 e. The van der Waals surface area contributed by atoms with Gasteiger partial charge in [-0.15, -0.1) is 0 Å². The second kappa shape index (κ2) is 8.55. The number of ether oxygens (including phenoxy) is 2. The monoisotopic (exact) mass is 359 g/mol. The van der Waals surface area contributed by atoms with Crippen LogP contribution in [0.5, 0.6) is 17.2 Å². The molecule has 0 spiro atoms. The minimum Gasteiger partial charge on any atom is -0.504 e. The van der Waals surface area contributed by atoms with Gasteiger partial charge in [0, 0.05) is 17.9 Å². The Kier molecular flexibility index (Phi) is 6.17. The van der Waals surface area contributed by atoms with Gasteiger partial charge >= 0.3 is 0 Å². The Labute approximate surface area is 151 Å². The lowest BCUT2D eigenvalue weighted by Gasteiger charge is -2.27. The molecule has 0 bridgehead atoms. The molecule has 1 saturated heterocycles. The van der Waals surface area contributed by atoms with Gasteiger partial charge in [0.1, 0.15) is 5.75 Å². The highest BCUT2D eigenvalue weighted by Gasteiger charge is 2.16. The van der Waals surface area contributed by atoms with Crippen molar-refractivity contribution < 1.29 is 14.6 Å². The number of piperidine rings is 1. The molecule has 1 N–H and O–H groups in total. The van der Waals surface area contributed by atoms with E-state index in [2.05, 4.69) is 29.2 Å². The summed E-state index contributed by atoms with van der Waals surface area (Å²) in [6.45, 7) is 3.33. The summed E-state index contributed by atoms with van der Waals surface area (Å²) in [7, 11) is 3.55. The highest BCUT2D eigenvalue weighted by Crippen LogP contribution is 2.33. The van der Waals surface area contributed by atoms with Gasteiger partial charge in [0.15, 0.2) is 11.5 Å². The van der Waals surface area contributed by atoms with Gasteiger partial charge < -0.3 is 14.6 Å². The van der Waals surface area contributed by atoms with Gasteiger partial charge in [0.2, 0.25) is 0 Å². The van der Waals surface area contributed by atoms with Crippen molar-refractivity contribution in [1.82, 2.24) is 4.90 Å². The molecule has 25 heavy (non-hydrogen) atoms. The molecule has 2 aromatic rings. The molecule has 1 atom stereocenters. The zero-order chi connectivity index (χ0) is 17.6. The number of hydrogen-bond acceptors (Lipinski definition) is 4. The van der Waals surface area contributed by atoms with Crippen molar-refractivity contribution in [3.8, 4) is 17.2 Å². The molecule has 4 nitrogen and oxygen atoms in total. The van der Waals surface area contributed by atoms with Crippen molar-refractivity contribution in [3.63, 3.8) is 0 Å². The summed E-state index contributed by atoms with van der Waals surface area (Å²) in [6, 6.07) is 12.1. The average molecular weight is 359 g/mol. The molecule has 5 heteroatoms. The molecule has 2 aromatic carbocycles. The molecule has 0 radical (unpaired) electrons. The maximum absolute atomic E-state index is 10.5. The third-order valence-electron chi connectivity index (χ3n) is 4.63. The lowest BCUT2D eigenvalue weighted by Crippen LogP contribution is -2.30. The number of benzene rings is 2. The molecule has 1 aliphatic rings. The Hall–Kier alpha value is -1.77. The predicted octanol–water partition coefficient (Wildman–Crippen LogP) is 3.02. The summed E-state index contributed by atoms with van der Waals surface area (Å²) in [5, 5.41) is 12.6. The maximum Gasteiger partial charge on any atom is 0.165 e. The Morgan fingerprint density at radius 2 is 1.76 bits per heavy atom. The van der Waals surface area contributed by atoms with E-state index in [1.807, 2.05) is 6.07 Å². The lowest BCUT2D eigenvalue weighted by molar-refractivity contribution is 0.221. The van der Waals surface area contributed by atoms with Gasteiger partial charge in [-0.2, -0.15) is 0 Å². The number of rotatable bonds is 6. The normalized spacial score (nSPS) is 15.6. The molecular formula is C20H26NO3P. The summed E-state index contributed by atoms with van der Waals surface area (Å²) in [4.78, 5) is 2.53. The van der Waals surface area contributed by atoms with E-state index in [1.165, 1.54) is 43.2 Å². The van der Waals surface area contributed by atoms with E-state index in [-0.39, 0.29) is 5.75 Å². The van der Waals surface area contributed by atoms with Crippen molar-refractivity contribution in [2.75, 3.05) is 27.3 Å². The second-order valence-electron chi connectivity index (χ2n) is 6.34. The molecule has 1 heterocycles. The number of aromatic hydroxyl groups is 1. The fraction of sp³-hybridized carbons (Fsp3) is 0.400. The molecule has 1 aliphatic heterocycles.